The molecule has 0 spiro atoms. The van der Waals surface area contributed by atoms with Crippen LogP contribution in [0.2, 0.25) is 0 Å². The minimum atomic E-state index is 0.401. The summed E-state index contributed by atoms with van der Waals surface area (Å²) in [5, 5.41) is 0. The summed E-state index contributed by atoms with van der Waals surface area (Å²) in [6, 6.07) is 7.93. The number of ether oxygens (including phenoxy) is 1. The Bertz CT molecular complexity index is 485. The Morgan fingerprint density at radius 3 is 3.00 bits per heavy atom. The van der Waals surface area contributed by atoms with Crippen LogP contribution in [-0.4, -0.2) is 12.3 Å². The highest BCUT2D eigenvalue weighted by atomic mass is 16.5. The van der Waals surface area contributed by atoms with E-state index in [1.54, 1.807) is 0 Å². The van der Waals surface area contributed by atoms with E-state index in [0.717, 1.165) is 23.6 Å². The van der Waals surface area contributed by atoms with Crippen LogP contribution < -0.4 is 4.74 Å². The number of benzene rings is 1. The molecule has 2 aliphatic rings. The highest BCUT2D eigenvalue weighted by molar-refractivity contribution is 5.93. The molecule has 80 valence electrons. The van der Waals surface area contributed by atoms with Gasteiger partial charge >= 0.3 is 0 Å². The Kier molecular flexibility index (Phi) is 2.33. The van der Waals surface area contributed by atoms with Crippen molar-refractivity contribution in [1.82, 2.24) is 0 Å². The zero-order valence-electron chi connectivity index (χ0n) is 8.97. The van der Waals surface area contributed by atoms with Crippen LogP contribution in [0, 0.1) is 5.92 Å². The quantitative estimate of drug-likeness (QED) is 0.698. The van der Waals surface area contributed by atoms with Crippen molar-refractivity contribution >= 4 is 11.4 Å². The monoisotopic (exact) mass is 211 g/mol. The molecular formula is C14H13NO. The fraction of sp³-hybridized carbons (Fsp3) is 0.214. The number of para-hydroxylation sites is 2. The Morgan fingerprint density at radius 2 is 2.12 bits per heavy atom. The van der Waals surface area contributed by atoms with Crippen LogP contribution in [-0.2, 0) is 0 Å². The SMILES string of the molecule is C1=CCC(C2=Nc3ccccc3OC2)C=C1. The second kappa shape index (κ2) is 3.97. The summed E-state index contributed by atoms with van der Waals surface area (Å²) in [6.07, 6.45) is 9.55. The van der Waals surface area contributed by atoms with E-state index < -0.39 is 0 Å². The number of allylic oxidation sites excluding steroid dienone is 4. The van der Waals surface area contributed by atoms with Gasteiger partial charge < -0.3 is 4.74 Å². The molecule has 1 heterocycles. The van der Waals surface area contributed by atoms with E-state index in [2.05, 4.69) is 29.3 Å². The van der Waals surface area contributed by atoms with Crippen LogP contribution in [0.25, 0.3) is 0 Å². The highest BCUT2D eigenvalue weighted by Gasteiger charge is 2.18. The molecule has 0 N–H and O–H groups in total. The van der Waals surface area contributed by atoms with Crippen LogP contribution in [0.15, 0.2) is 53.6 Å². The van der Waals surface area contributed by atoms with Crippen molar-refractivity contribution in [2.45, 2.75) is 6.42 Å². The lowest BCUT2D eigenvalue weighted by atomic mass is 9.95. The van der Waals surface area contributed by atoms with Crippen LogP contribution >= 0.6 is 0 Å². The molecular weight excluding hydrogens is 198 g/mol. The molecule has 0 radical (unpaired) electrons. The molecule has 1 aliphatic heterocycles. The lowest BCUT2D eigenvalue weighted by Crippen LogP contribution is -2.23. The molecule has 0 saturated carbocycles. The van der Waals surface area contributed by atoms with Crippen molar-refractivity contribution in [3.8, 4) is 5.75 Å². The van der Waals surface area contributed by atoms with Crippen molar-refractivity contribution < 1.29 is 4.74 Å². The summed E-state index contributed by atoms with van der Waals surface area (Å²) in [5.41, 5.74) is 2.08. The van der Waals surface area contributed by atoms with Gasteiger partial charge in [-0.15, -0.1) is 0 Å². The molecule has 0 fully saturated rings. The first-order chi connectivity index (χ1) is 7.93. The minimum Gasteiger partial charge on any atom is -0.485 e. The fourth-order valence-electron chi connectivity index (χ4n) is 2.03. The summed E-state index contributed by atoms with van der Waals surface area (Å²) in [7, 11) is 0. The Labute approximate surface area is 95.0 Å². The lowest BCUT2D eigenvalue weighted by molar-refractivity contribution is 0.366. The molecule has 1 atom stereocenters. The van der Waals surface area contributed by atoms with Gasteiger partial charge in [0.2, 0.25) is 0 Å². The van der Waals surface area contributed by atoms with Gasteiger partial charge in [-0.1, -0.05) is 36.4 Å². The molecule has 1 aromatic carbocycles. The molecule has 1 unspecified atom stereocenters. The van der Waals surface area contributed by atoms with Gasteiger partial charge in [0, 0.05) is 5.92 Å². The zero-order chi connectivity index (χ0) is 10.8. The van der Waals surface area contributed by atoms with Gasteiger partial charge in [-0.05, 0) is 18.6 Å². The third-order valence-electron chi connectivity index (χ3n) is 2.91. The second-order valence-electron chi connectivity index (χ2n) is 4.01. The number of rotatable bonds is 1. The van der Waals surface area contributed by atoms with Gasteiger partial charge in [0.15, 0.2) is 0 Å². The van der Waals surface area contributed by atoms with Crippen molar-refractivity contribution in [3.63, 3.8) is 0 Å². The van der Waals surface area contributed by atoms with E-state index in [1.165, 1.54) is 0 Å². The molecule has 1 aliphatic carbocycles. The molecule has 2 nitrogen and oxygen atoms in total. The predicted molar refractivity (Wildman–Crippen MR) is 65.4 cm³/mol. The van der Waals surface area contributed by atoms with Crippen LogP contribution in [0.5, 0.6) is 5.75 Å². The summed E-state index contributed by atoms with van der Waals surface area (Å²) < 4.78 is 5.70. The number of hydrogen-bond donors (Lipinski definition) is 0. The number of nitrogens with zero attached hydrogens (tertiary/aromatic N) is 1. The Balaban J connectivity index is 1.91. The number of aliphatic imine (C=N–C) groups is 1. The first-order valence-corrected chi connectivity index (χ1v) is 5.56. The van der Waals surface area contributed by atoms with Gasteiger partial charge in [0.05, 0.1) is 5.71 Å². The van der Waals surface area contributed by atoms with E-state index in [0.29, 0.717) is 12.5 Å². The predicted octanol–water partition coefficient (Wildman–Crippen LogP) is 3.28. The van der Waals surface area contributed by atoms with Crippen molar-refractivity contribution in [1.29, 1.82) is 0 Å². The fourth-order valence-corrected chi connectivity index (χ4v) is 2.03. The van der Waals surface area contributed by atoms with E-state index in [9.17, 15) is 0 Å². The van der Waals surface area contributed by atoms with E-state index >= 15 is 0 Å². The highest BCUT2D eigenvalue weighted by Crippen LogP contribution is 2.31. The van der Waals surface area contributed by atoms with Crippen molar-refractivity contribution in [2.24, 2.45) is 10.9 Å². The second-order valence-corrected chi connectivity index (χ2v) is 4.01. The molecule has 0 bridgehead atoms. The van der Waals surface area contributed by atoms with Crippen LogP contribution in [0.4, 0.5) is 5.69 Å². The Morgan fingerprint density at radius 1 is 1.19 bits per heavy atom. The van der Waals surface area contributed by atoms with Crippen molar-refractivity contribution in [3.05, 3.63) is 48.6 Å². The average Bonchev–Trinajstić information content (AvgIpc) is 2.39. The maximum atomic E-state index is 5.70. The van der Waals surface area contributed by atoms with Crippen LogP contribution in [0.3, 0.4) is 0 Å². The lowest BCUT2D eigenvalue weighted by Gasteiger charge is -2.21. The summed E-state index contributed by atoms with van der Waals surface area (Å²) in [5.74, 6) is 1.29. The molecule has 3 rings (SSSR count). The number of fused-ring (bicyclic) bond motifs is 1. The molecule has 1 aromatic rings. The largest absolute Gasteiger partial charge is 0.485 e. The third kappa shape index (κ3) is 1.67. The molecule has 0 saturated heterocycles. The molecule has 2 heteroatoms. The molecule has 0 amide bonds. The standard InChI is InChI=1S/C14H13NO/c1-2-6-11(7-3-1)13-10-16-14-9-5-4-8-12(14)15-13/h1-6,8-9,11H,7,10H2. The minimum absolute atomic E-state index is 0.401. The summed E-state index contributed by atoms with van der Waals surface area (Å²) in [4.78, 5) is 4.68. The van der Waals surface area contributed by atoms with Gasteiger partial charge in [-0.2, -0.15) is 0 Å². The van der Waals surface area contributed by atoms with E-state index in [4.69, 9.17) is 4.74 Å². The first-order valence-electron chi connectivity index (χ1n) is 5.56. The van der Waals surface area contributed by atoms with Crippen LogP contribution in [0.1, 0.15) is 6.42 Å². The maximum Gasteiger partial charge on any atom is 0.145 e. The van der Waals surface area contributed by atoms with Gasteiger partial charge in [0.1, 0.15) is 18.0 Å². The molecule has 16 heavy (non-hydrogen) atoms. The maximum absolute atomic E-state index is 5.70. The smallest absolute Gasteiger partial charge is 0.145 e. The van der Waals surface area contributed by atoms with E-state index in [-0.39, 0.29) is 0 Å². The summed E-state index contributed by atoms with van der Waals surface area (Å²) in [6.45, 7) is 0.611. The van der Waals surface area contributed by atoms with Crippen molar-refractivity contribution in [2.75, 3.05) is 6.61 Å². The van der Waals surface area contributed by atoms with Gasteiger partial charge in [-0.25, -0.2) is 4.99 Å². The summed E-state index contributed by atoms with van der Waals surface area (Å²) >= 11 is 0. The Hall–Kier alpha value is -1.83. The van der Waals surface area contributed by atoms with E-state index in [1.807, 2.05) is 24.3 Å². The topological polar surface area (TPSA) is 21.6 Å². The normalized spacial score (nSPS) is 22.2. The zero-order valence-corrected chi connectivity index (χ0v) is 8.97. The van der Waals surface area contributed by atoms with Gasteiger partial charge in [0.25, 0.3) is 0 Å². The third-order valence-corrected chi connectivity index (χ3v) is 2.91. The first kappa shape index (κ1) is 9.40. The van der Waals surface area contributed by atoms with Gasteiger partial charge in [-0.3, -0.25) is 0 Å². The number of hydrogen-bond acceptors (Lipinski definition) is 2. The average molecular weight is 211 g/mol. The molecule has 0 aromatic heterocycles.